The van der Waals surface area contributed by atoms with Gasteiger partial charge in [-0.3, -0.25) is 14.6 Å². The van der Waals surface area contributed by atoms with Gasteiger partial charge in [0.15, 0.2) is 0 Å². The molecule has 2 heterocycles. The highest BCUT2D eigenvalue weighted by atomic mass is 16.2. The number of hydrogen-bond donors (Lipinski definition) is 2. The van der Waals surface area contributed by atoms with Crippen LogP contribution in [-0.4, -0.2) is 47.4 Å². The van der Waals surface area contributed by atoms with Gasteiger partial charge in [-0.2, -0.15) is 0 Å². The molecule has 2 N–H and O–H groups in total. The lowest BCUT2D eigenvalue weighted by Gasteiger charge is -2.30. The maximum Gasteiger partial charge on any atom is 0.246 e. The maximum absolute atomic E-state index is 13.8. The second-order valence-electron chi connectivity index (χ2n) is 9.17. The molecule has 0 bridgehead atoms. The number of nitrogens with one attached hydrogen (secondary N) is 2. The first-order chi connectivity index (χ1) is 19.0. The van der Waals surface area contributed by atoms with Crippen LogP contribution in [0.2, 0.25) is 0 Å². The molecule has 3 atom stereocenters. The van der Waals surface area contributed by atoms with Crippen molar-refractivity contribution in [1.82, 2.24) is 20.5 Å². The fraction of sp³-hybridized carbons (Fsp3) is 0.424. The van der Waals surface area contributed by atoms with Crippen molar-refractivity contribution in [2.75, 3.05) is 13.6 Å². The molecule has 0 saturated carbocycles. The number of carbonyl (C=O) groups is 2. The number of likely N-dealkylation sites (N-methyl/N-ethyl adjacent to an activating group) is 1. The van der Waals surface area contributed by atoms with E-state index in [1.165, 1.54) is 5.56 Å². The van der Waals surface area contributed by atoms with Crippen molar-refractivity contribution in [3.8, 4) is 0 Å². The number of hydrogen-bond acceptors (Lipinski definition) is 4. The number of aromatic nitrogens is 1. The van der Waals surface area contributed by atoms with Crippen molar-refractivity contribution in [3.63, 3.8) is 0 Å². The molecule has 1 fully saturated rings. The number of amides is 2. The average Bonchev–Trinajstić information content (AvgIpc) is 3.49. The molecule has 1 aliphatic heterocycles. The average molecular weight is 531 g/mol. The van der Waals surface area contributed by atoms with Gasteiger partial charge in [0.1, 0.15) is 6.04 Å². The van der Waals surface area contributed by atoms with Crippen LogP contribution in [0.25, 0.3) is 0 Å². The van der Waals surface area contributed by atoms with Crippen LogP contribution < -0.4 is 10.6 Å². The first-order valence-corrected chi connectivity index (χ1v) is 14.4. The van der Waals surface area contributed by atoms with Crippen molar-refractivity contribution in [2.45, 2.75) is 78.4 Å². The highest BCUT2D eigenvalue weighted by Gasteiger charge is 2.36. The van der Waals surface area contributed by atoms with E-state index in [4.69, 9.17) is 4.98 Å². The molecule has 2 amide bonds. The van der Waals surface area contributed by atoms with E-state index in [1.54, 1.807) is 14.0 Å². The van der Waals surface area contributed by atoms with Gasteiger partial charge >= 0.3 is 0 Å². The van der Waals surface area contributed by atoms with Crippen LogP contribution in [-0.2, 0) is 22.4 Å². The van der Waals surface area contributed by atoms with Crippen LogP contribution in [0, 0.1) is 0 Å². The summed E-state index contributed by atoms with van der Waals surface area (Å²) in [6, 6.07) is 25.1. The molecule has 0 spiro atoms. The summed E-state index contributed by atoms with van der Waals surface area (Å²) >= 11 is 0. The molecule has 4 rings (SSSR count). The molecule has 0 radical (unpaired) electrons. The Labute approximate surface area is 235 Å². The Hall–Kier alpha value is -3.51. The van der Waals surface area contributed by atoms with Crippen molar-refractivity contribution >= 4 is 11.8 Å². The fourth-order valence-electron chi connectivity index (χ4n) is 4.60. The SMILES string of the molecule is CC.CC.CN[C@@H](C)C(=O)N[C@@H](Cc1ccccc1)C(=O)N1CCCC1c1cccc(Cc2ccccc2)n1. The van der Waals surface area contributed by atoms with Gasteiger partial charge in [0.05, 0.1) is 17.8 Å². The summed E-state index contributed by atoms with van der Waals surface area (Å²) in [5, 5.41) is 5.95. The van der Waals surface area contributed by atoms with E-state index >= 15 is 0 Å². The number of nitrogens with zero attached hydrogens (tertiary/aromatic N) is 2. The molecule has 6 heteroatoms. The summed E-state index contributed by atoms with van der Waals surface area (Å²) in [5.74, 6) is -0.233. The number of rotatable bonds is 9. The number of benzene rings is 2. The van der Waals surface area contributed by atoms with Gasteiger partial charge in [-0.1, -0.05) is 94.4 Å². The Morgan fingerprint density at radius 1 is 0.897 bits per heavy atom. The van der Waals surface area contributed by atoms with E-state index in [1.807, 2.05) is 99.3 Å². The third kappa shape index (κ3) is 9.32. The highest BCUT2D eigenvalue weighted by Crippen LogP contribution is 2.32. The summed E-state index contributed by atoms with van der Waals surface area (Å²) in [6.07, 6.45) is 2.99. The third-order valence-electron chi connectivity index (χ3n) is 6.66. The second kappa shape index (κ2) is 17.2. The van der Waals surface area contributed by atoms with E-state index in [9.17, 15) is 9.59 Å². The monoisotopic (exact) mass is 530 g/mol. The lowest BCUT2D eigenvalue weighted by atomic mass is 10.0. The Bertz CT molecular complexity index is 1120. The van der Waals surface area contributed by atoms with Crippen LogP contribution in [0.15, 0.2) is 78.9 Å². The molecular formula is C33H46N4O2. The predicted molar refractivity (Wildman–Crippen MR) is 160 cm³/mol. The molecule has 1 unspecified atom stereocenters. The van der Waals surface area contributed by atoms with E-state index < -0.39 is 6.04 Å². The highest BCUT2D eigenvalue weighted by molar-refractivity contribution is 5.90. The molecule has 3 aromatic rings. The molecule has 1 aromatic heterocycles. The van der Waals surface area contributed by atoms with Crippen LogP contribution in [0.5, 0.6) is 0 Å². The lowest BCUT2D eigenvalue weighted by Crippen LogP contribution is -2.53. The minimum atomic E-state index is -0.631. The largest absolute Gasteiger partial charge is 0.343 e. The van der Waals surface area contributed by atoms with Gasteiger partial charge in [-0.05, 0) is 50.1 Å². The first kappa shape index (κ1) is 31.7. The quantitative estimate of drug-likeness (QED) is 0.371. The van der Waals surface area contributed by atoms with Gasteiger partial charge in [0.2, 0.25) is 11.8 Å². The smallest absolute Gasteiger partial charge is 0.246 e. The Kier molecular flexibility index (Phi) is 13.9. The topological polar surface area (TPSA) is 74.3 Å². The normalized spacial score (nSPS) is 15.6. The van der Waals surface area contributed by atoms with Crippen molar-refractivity contribution in [3.05, 3.63) is 101 Å². The van der Waals surface area contributed by atoms with Crippen LogP contribution >= 0.6 is 0 Å². The molecule has 0 aliphatic carbocycles. The first-order valence-electron chi connectivity index (χ1n) is 14.4. The van der Waals surface area contributed by atoms with Gasteiger partial charge in [-0.25, -0.2) is 0 Å². The fourth-order valence-corrected chi connectivity index (χ4v) is 4.60. The van der Waals surface area contributed by atoms with Crippen molar-refractivity contribution < 1.29 is 9.59 Å². The Morgan fingerprint density at radius 2 is 1.51 bits per heavy atom. The minimum absolute atomic E-state index is 0.0525. The van der Waals surface area contributed by atoms with E-state index in [0.717, 1.165) is 36.2 Å². The predicted octanol–water partition coefficient (Wildman–Crippen LogP) is 5.72. The van der Waals surface area contributed by atoms with E-state index in [0.29, 0.717) is 13.0 Å². The molecule has 6 nitrogen and oxygen atoms in total. The molecule has 39 heavy (non-hydrogen) atoms. The number of carbonyl (C=O) groups excluding carboxylic acids is 2. The molecule has 1 aliphatic rings. The maximum atomic E-state index is 13.8. The van der Waals surface area contributed by atoms with E-state index in [2.05, 4.69) is 22.8 Å². The molecular weight excluding hydrogens is 484 g/mol. The second-order valence-corrected chi connectivity index (χ2v) is 9.17. The molecule has 2 aromatic carbocycles. The van der Waals surface area contributed by atoms with Gasteiger partial charge < -0.3 is 15.5 Å². The number of likely N-dealkylation sites (tertiary alicyclic amines) is 1. The standard InChI is InChI=1S/C29H34N4O2.2C2H6/c1-21(30-2)28(34)32-26(20-23-13-7-4-8-14-23)29(35)33-18-10-17-27(33)25-16-9-15-24(31-25)19-22-11-5-3-6-12-22;2*1-2/h3-9,11-16,21,26-27,30H,10,17-20H2,1-2H3,(H,32,34);2*1-2H3/t21-,26-,27?;;/m0../s1. The summed E-state index contributed by atoms with van der Waals surface area (Å²) in [5.41, 5.74) is 4.13. The zero-order valence-corrected chi connectivity index (χ0v) is 24.5. The van der Waals surface area contributed by atoms with Crippen LogP contribution in [0.1, 0.15) is 76.0 Å². The van der Waals surface area contributed by atoms with Gasteiger partial charge in [-0.15, -0.1) is 0 Å². The zero-order valence-electron chi connectivity index (χ0n) is 24.5. The van der Waals surface area contributed by atoms with Crippen LogP contribution in [0.4, 0.5) is 0 Å². The Morgan fingerprint density at radius 3 is 2.13 bits per heavy atom. The summed E-state index contributed by atoms with van der Waals surface area (Å²) in [7, 11) is 1.74. The van der Waals surface area contributed by atoms with Crippen molar-refractivity contribution in [1.29, 1.82) is 0 Å². The van der Waals surface area contributed by atoms with Gasteiger partial charge in [0, 0.05) is 25.1 Å². The van der Waals surface area contributed by atoms with E-state index in [-0.39, 0.29) is 23.9 Å². The summed E-state index contributed by atoms with van der Waals surface area (Å²) in [6.45, 7) is 10.5. The zero-order chi connectivity index (χ0) is 28.6. The summed E-state index contributed by atoms with van der Waals surface area (Å²) < 4.78 is 0. The number of pyridine rings is 1. The minimum Gasteiger partial charge on any atom is -0.343 e. The van der Waals surface area contributed by atoms with Gasteiger partial charge in [0.25, 0.3) is 0 Å². The summed E-state index contributed by atoms with van der Waals surface area (Å²) in [4.78, 5) is 33.4. The van der Waals surface area contributed by atoms with Crippen molar-refractivity contribution in [2.24, 2.45) is 0 Å². The van der Waals surface area contributed by atoms with Crippen LogP contribution in [0.3, 0.4) is 0 Å². The third-order valence-corrected chi connectivity index (χ3v) is 6.66. The molecule has 1 saturated heterocycles. The lowest BCUT2D eigenvalue weighted by molar-refractivity contribution is -0.137. The molecule has 210 valence electrons. The Balaban J connectivity index is 0.00000127.